The van der Waals surface area contributed by atoms with Gasteiger partial charge in [-0.3, -0.25) is 4.79 Å². The van der Waals surface area contributed by atoms with Crippen LogP contribution in [0.25, 0.3) is 0 Å². The lowest BCUT2D eigenvalue weighted by molar-refractivity contribution is -0.116. The molecule has 0 saturated carbocycles. The Bertz CT molecular complexity index is 948. The Labute approximate surface area is 156 Å². The number of hydrogen-bond acceptors (Lipinski definition) is 4. The van der Waals surface area contributed by atoms with E-state index in [0.29, 0.717) is 24.0 Å². The molecule has 0 fully saturated rings. The standard InChI is InChI=1S/C18H20F2N2O4S/c1-4-26-17-8-6-14(9-12(17)2)27(24,25)22(3)11-18(23)21-16-7-5-13(19)10-15(16)20/h5-10H,4,11H2,1-3H3,(H,21,23). The van der Waals surface area contributed by atoms with Gasteiger partial charge in [-0.2, -0.15) is 4.31 Å². The normalized spacial score (nSPS) is 11.5. The zero-order chi connectivity index (χ0) is 20.2. The second kappa shape index (κ2) is 8.45. The van der Waals surface area contributed by atoms with E-state index in [1.54, 1.807) is 13.0 Å². The topological polar surface area (TPSA) is 75.7 Å². The number of nitrogens with zero attached hydrogens (tertiary/aromatic N) is 1. The molecule has 2 aromatic rings. The van der Waals surface area contributed by atoms with Gasteiger partial charge in [0.2, 0.25) is 15.9 Å². The van der Waals surface area contributed by atoms with E-state index in [9.17, 15) is 22.0 Å². The molecule has 1 amide bonds. The van der Waals surface area contributed by atoms with Crippen LogP contribution in [0, 0.1) is 18.6 Å². The fourth-order valence-corrected chi connectivity index (χ4v) is 3.56. The van der Waals surface area contributed by atoms with Crippen molar-refractivity contribution in [3.63, 3.8) is 0 Å². The Kier molecular flexibility index (Phi) is 6.50. The summed E-state index contributed by atoms with van der Waals surface area (Å²) in [7, 11) is -2.70. The Morgan fingerprint density at radius 1 is 1.19 bits per heavy atom. The monoisotopic (exact) mass is 398 g/mol. The maximum Gasteiger partial charge on any atom is 0.243 e. The maximum atomic E-state index is 13.6. The molecule has 0 unspecified atom stereocenters. The van der Waals surface area contributed by atoms with Gasteiger partial charge < -0.3 is 10.1 Å². The molecule has 2 aromatic carbocycles. The number of carbonyl (C=O) groups is 1. The number of carbonyl (C=O) groups excluding carboxylic acids is 1. The van der Waals surface area contributed by atoms with Gasteiger partial charge in [-0.25, -0.2) is 17.2 Å². The summed E-state index contributed by atoms with van der Waals surface area (Å²) in [6, 6.07) is 7.07. The minimum absolute atomic E-state index is 0.00622. The number of nitrogens with one attached hydrogen (secondary N) is 1. The van der Waals surface area contributed by atoms with E-state index in [2.05, 4.69) is 5.32 Å². The molecule has 0 aliphatic rings. The van der Waals surface area contributed by atoms with Crippen LogP contribution < -0.4 is 10.1 Å². The van der Waals surface area contributed by atoms with Crippen molar-refractivity contribution in [1.82, 2.24) is 4.31 Å². The summed E-state index contributed by atoms with van der Waals surface area (Å²) in [5.41, 5.74) is 0.410. The van der Waals surface area contributed by atoms with Crippen LogP contribution in [0.15, 0.2) is 41.3 Å². The number of hydrogen-bond donors (Lipinski definition) is 1. The average Bonchev–Trinajstić information content (AvgIpc) is 2.59. The Balaban J connectivity index is 2.12. The highest BCUT2D eigenvalue weighted by molar-refractivity contribution is 7.89. The number of sulfonamides is 1. The molecule has 9 heteroatoms. The molecular formula is C18H20F2N2O4S. The summed E-state index contributed by atoms with van der Waals surface area (Å²) in [5.74, 6) is -1.91. The SMILES string of the molecule is CCOc1ccc(S(=O)(=O)N(C)CC(=O)Nc2ccc(F)cc2F)cc1C. The molecule has 27 heavy (non-hydrogen) atoms. The van der Waals surface area contributed by atoms with Gasteiger partial charge in [0.15, 0.2) is 0 Å². The fraction of sp³-hybridized carbons (Fsp3) is 0.278. The van der Waals surface area contributed by atoms with E-state index in [1.807, 2.05) is 6.92 Å². The number of benzene rings is 2. The third-order valence-corrected chi connectivity index (χ3v) is 5.53. The lowest BCUT2D eigenvalue weighted by Crippen LogP contribution is -2.35. The predicted octanol–water partition coefficient (Wildman–Crippen LogP) is 2.93. The molecular weight excluding hydrogens is 378 g/mol. The zero-order valence-corrected chi connectivity index (χ0v) is 15.9. The first-order valence-electron chi connectivity index (χ1n) is 8.10. The first-order valence-corrected chi connectivity index (χ1v) is 9.54. The molecule has 0 heterocycles. The molecule has 0 aliphatic heterocycles. The number of likely N-dealkylation sites (N-methyl/N-ethyl adjacent to an activating group) is 1. The molecule has 0 spiro atoms. The summed E-state index contributed by atoms with van der Waals surface area (Å²) in [4.78, 5) is 12.1. The number of rotatable bonds is 7. The lowest BCUT2D eigenvalue weighted by atomic mass is 10.2. The molecule has 6 nitrogen and oxygen atoms in total. The minimum Gasteiger partial charge on any atom is -0.494 e. The van der Waals surface area contributed by atoms with Gasteiger partial charge in [0.05, 0.1) is 23.7 Å². The van der Waals surface area contributed by atoms with Crippen LogP contribution in [-0.4, -0.2) is 38.8 Å². The van der Waals surface area contributed by atoms with Crippen LogP contribution in [-0.2, 0) is 14.8 Å². The van der Waals surface area contributed by atoms with Crippen LogP contribution in [0.2, 0.25) is 0 Å². The predicted molar refractivity (Wildman–Crippen MR) is 97.2 cm³/mol. The summed E-state index contributed by atoms with van der Waals surface area (Å²) in [6.45, 7) is 3.45. The van der Waals surface area contributed by atoms with Gasteiger partial charge in [-0.15, -0.1) is 0 Å². The molecule has 0 aromatic heterocycles. The van der Waals surface area contributed by atoms with Gasteiger partial charge >= 0.3 is 0 Å². The van der Waals surface area contributed by atoms with Crippen LogP contribution in [0.3, 0.4) is 0 Å². The van der Waals surface area contributed by atoms with Crippen molar-refractivity contribution in [2.45, 2.75) is 18.7 Å². The van der Waals surface area contributed by atoms with Crippen molar-refractivity contribution in [1.29, 1.82) is 0 Å². The van der Waals surface area contributed by atoms with Gasteiger partial charge in [-0.05, 0) is 49.7 Å². The lowest BCUT2D eigenvalue weighted by Gasteiger charge is -2.18. The Hall–Kier alpha value is -2.52. The maximum absolute atomic E-state index is 13.6. The quantitative estimate of drug-likeness (QED) is 0.778. The molecule has 0 aliphatic carbocycles. The van der Waals surface area contributed by atoms with Crippen molar-refractivity contribution >= 4 is 21.6 Å². The summed E-state index contributed by atoms with van der Waals surface area (Å²) in [6.07, 6.45) is 0. The fourth-order valence-electron chi connectivity index (χ4n) is 2.35. The number of anilines is 1. The largest absolute Gasteiger partial charge is 0.494 e. The van der Waals surface area contributed by atoms with Gasteiger partial charge in [0.25, 0.3) is 0 Å². The van der Waals surface area contributed by atoms with Crippen LogP contribution in [0.1, 0.15) is 12.5 Å². The number of aryl methyl sites for hydroxylation is 1. The Morgan fingerprint density at radius 2 is 1.89 bits per heavy atom. The number of amides is 1. The summed E-state index contributed by atoms with van der Waals surface area (Å²) < 4.78 is 58.0. The van der Waals surface area contributed by atoms with Gasteiger partial charge in [-0.1, -0.05) is 0 Å². The average molecular weight is 398 g/mol. The molecule has 0 atom stereocenters. The van der Waals surface area contributed by atoms with Crippen molar-refractivity contribution in [2.75, 3.05) is 25.5 Å². The van der Waals surface area contributed by atoms with E-state index in [1.165, 1.54) is 19.2 Å². The Morgan fingerprint density at radius 3 is 2.48 bits per heavy atom. The molecule has 2 rings (SSSR count). The second-order valence-electron chi connectivity index (χ2n) is 5.79. The molecule has 1 N–H and O–H groups in total. The van der Waals surface area contributed by atoms with E-state index in [0.717, 1.165) is 16.4 Å². The molecule has 0 bridgehead atoms. The first-order chi connectivity index (χ1) is 12.6. The van der Waals surface area contributed by atoms with E-state index >= 15 is 0 Å². The number of ether oxygens (including phenoxy) is 1. The van der Waals surface area contributed by atoms with Crippen molar-refractivity contribution in [2.24, 2.45) is 0 Å². The van der Waals surface area contributed by atoms with E-state index in [4.69, 9.17) is 4.74 Å². The minimum atomic E-state index is -3.93. The summed E-state index contributed by atoms with van der Waals surface area (Å²) in [5, 5.41) is 2.22. The third kappa shape index (κ3) is 5.01. The van der Waals surface area contributed by atoms with Gasteiger partial charge in [0, 0.05) is 13.1 Å². The van der Waals surface area contributed by atoms with Gasteiger partial charge in [0.1, 0.15) is 17.4 Å². The van der Waals surface area contributed by atoms with Crippen molar-refractivity contribution in [3.8, 4) is 5.75 Å². The second-order valence-corrected chi connectivity index (χ2v) is 7.84. The number of halogens is 2. The van der Waals surface area contributed by atoms with Crippen LogP contribution in [0.4, 0.5) is 14.5 Å². The highest BCUT2D eigenvalue weighted by Crippen LogP contribution is 2.23. The highest BCUT2D eigenvalue weighted by Gasteiger charge is 2.24. The van der Waals surface area contributed by atoms with Crippen molar-refractivity contribution < 1.29 is 26.7 Å². The first kappa shape index (κ1) is 20.8. The summed E-state index contributed by atoms with van der Waals surface area (Å²) >= 11 is 0. The van der Waals surface area contributed by atoms with E-state index < -0.39 is 34.1 Å². The third-order valence-electron chi connectivity index (χ3n) is 3.73. The molecule has 0 saturated heterocycles. The van der Waals surface area contributed by atoms with Crippen LogP contribution >= 0.6 is 0 Å². The molecule has 0 radical (unpaired) electrons. The molecule has 146 valence electrons. The van der Waals surface area contributed by atoms with Crippen molar-refractivity contribution in [3.05, 3.63) is 53.6 Å². The van der Waals surface area contributed by atoms with E-state index in [-0.39, 0.29) is 10.6 Å². The highest BCUT2D eigenvalue weighted by atomic mass is 32.2. The zero-order valence-electron chi connectivity index (χ0n) is 15.1. The van der Waals surface area contributed by atoms with Crippen LogP contribution in [0.5, 0.6) is 5.75 Å². The smallest absolute Gasteiger partial charge is 0.243 e.